The van der Waals surface area contributed by atoms with Gasteiger partial charge < -0.3 is 10.1 Å². The molecular formula is C26H21ClN2O5. The second-order valence-electron chi connectivity index (χ2n) is 7.86. The summed E-state index contributed by atoms with van der Waals surface area (Å²) in [5, 5.41) is 3.14. The van der Waals surface area contributed by atoms with E-state index in [4.69, 9.17) is 16.3 Å². The zero-order valence-corrected chi connectivity index (χ0v) is 19.3. The van der Waals surface area contributed by atoms with Crippen molar-refractivity contribution < 1.29 is 23.9 Å². The molecule has 0 bridgehead atoms. The van der Waals surface area contributed by atoms with Crippen LogP contribution in [0.15, 0.2) is 66.7 Å². The van der Waals surface area contributed by atoms with Crippen molar-refractivity contribution in [2.24, 2.45) is 0 Å². The molecule has 0 spiro atoms. The van der Waals surface area contributed by atoms with E-state index in [-0.39, 0.29) is 16.7 Å². The third kappa shape index (κ3) is 4.43. The second kappa shape index (κ2) is 9.49. The van der Waals surface area contributed by atoms with Gasteiger partial charge in [0.15, 0.2) is 6.61 Å². The van der Waals surface area contributed by atoms with Crippen LogP contribution in [0.1, 0.15) is 55.2 Å². The molecule has 1 N–H and O–H groups in total. The lowest BCUT2D eigenvalue weighted by atomic mass is 10.1. The normalized spacial score (nSPS) is 13.4. The van der Waals surface area contributed by atoms with E-state index in [9.17, 15) is 19.2 Å². The van der Waals surface area contributed by atoms with E-state index in [0.29, 0.717) is 16.3 Å². The maximum absolute atomic E-state index is 13.0. The number of nitrogens with zero attached hydrogens (tertiary/aromatic N) is 1. The average molecular weight is 477 g/mol. The van der Waals surface area contributed by atoms with E-state index in [1.165, 1.54) is 23.1 Å². The summed E-state index contributed by atoms with van der Waals surface area (Å²) in [6.45, 7) is 3.01. The number of hydrogen-bond donors (Lipinski definition) is 1. The van der Waals surface area contributed by atoms with E-state index in [1.54, 1.807) is 32.0 Å². The summed E-state index contributed by atoms with van der Waals surface area (Å²) in [7, 11) is 0. The zero-order valence-electron chi connectivity index (χ0n) is 18.5. The van der Waals surface area contributed by atoms with E-state index >= 15 is 0 Å². The van der Waals surface area contributed by atoms with Gasteiger partial charge in [-0.15, -0.1) is 0 Å². The molecule has 8 heteroatoms. The van der Waals surface area contributed by atoms with Crippen LogP contribution in [0.2, 0.25) is 5.02 Å². The first-order chi connectivity index (χ1) is 16.3. The molecular weight excluding hydrogens is 456 g/mol. The maximum atomic E-state index is 13.0. The summed E-state index contributed by atoms with van der Waals surface area (Å²) >= 11 is 6.05. The number of rotatable bonds is 6. The summed E-state index contributed by atoms with van der Waals surface area (Å²) in [6, 6.07) is 18.0. The largest absolute Gasteiger partial charge is 0.452 e. The minimum Gasteiger partial charge on any atom is -0.452 e. The molecule has 1 heterocycles. The molecule has 172 valence electrons. The van der Waals surface area contributed by atoms with Crippen molar-refractivity contribution >= 4 is 41.0 Å². The number of ether oxygens (including phenoxy) is 1. The Labute approximate surface area is 201 Å². The standard InChI is InChI=1S/C26H21ClN2O5/c1-15-21(27)9-6-10-22(15)28-23(30)14-34-26(33)18-11-12-19-20(13-18)25(32)29(24(19)31)16(2)17-7-4-3-5-8-17/h3-13,16H,14H2,1-2H3,(H,28,30)/t16-/m0/s1. The number of nitrogens with one attached hydrogen (secondary N) is 1. The van der Waals surface area contributed by atoms with E-state index in [0.717, 1.165) is 5.56 Å². The molecule has 34 heavy (non-hydrogen) atoms. The predicted molar refractivity (Wildman–Crippen MR) is 127 cm³/mol. The Bertz CT molecular complexity index is 1310. The first kappa shape index (κ1) is 23.2. The molecule has 1 aliphatic heterocycles. The van der Waals surface area contributed by atoms with Gasteiger partial charge in [0.25, 0.3) is 17.7 Å². The Morgan fingerprint density at radius 3 is 2.41 bits per heavy atom. The van der Waals surface area contributed by atoms with Crippen LogP contribution in [0.4, 0.5) is 5.69 Å². The van der Waals surface area contributed by atoms with Gasteiger partial charge in [0.2, 0.25) is 0 Å². The Balaban J connectivity index is 1.44. The Morgan fingerprint density at radius 2 is 1.68 bits per heavy atom. The van der Waals surface area contributed by atoms with Crippen molar-refractivity contribution in [3.05, 3.63) is 99.6 Å². The van der Waals surface area contributed by atoms with Crippen molar-refractivity contribution in [2.75, 3.05) is 11.9 Å². The molecule has 0 saturated heterocycles. The molecule has 3 amide bonds. The lowest BCUT2D eigenvalue weighted by molar-refractivity contribution is -0.119. The number of fused-ring (bicyclic) bond motifs is 1. The average Bonchev–Trinajstić information content (AvgIpc) is 3.09. The van der Waals surface area contributed by atoms with Crippen molar-refractivity contribution in [2.45, 2.75) is 19.9 Å². The second-order valence-corrected chi connectivity index (χ2v) is 8.27. The molecule has 0 saturated carbocycles. The van der Waals surface area contributed by atoms with Crippen molar-refractivity contribution in [1.82, 2.24) is 4.90 Å². The predicted octanol–water partition coefficient (Wildman–Crippen LogP) is 4.80. The van der Waals surface area contributed by atoms with Crippen molar-refractivity contribution in [3.8, 4) is 0 Å². The number of carbonyl (C=O) groups is 4. The van der Waals surface area contributed by atoms with Gasteiger partial charge in [-0.05, 0) is 55.3 Å². The molecule has 0 unspecified atom stereocenters. The highest BCUT2D eigenvalue weighted by molar-refractivity contribution is 6.31. The van der Waals surface area contributed by atoms with Crippen LogP contribution in [0.25, 0.3) is 0 Å². The Kier molecular flexibility index (Phi) is 6.47. The third-order valence-electron chi connectivity index (χ3n) is 5.70. The van der Waals surface area contributed by atoms with Gasteiger partial charge in [-0.25, -0.2) is 4.79 Å². The van der Waals surface area contributed by atoms with Gasteiger partial charge in [-0.1, -0.05) is 48.0 Å². The first-order valence-corrected chi connectivity index (χ1v) is 10.9. The summed E-state index contributed by atoms with van der Waals surface area (Å²) in [5.74, 6) is -2.22. The van der Waals surface area contributed by atoms with Crippen LogP contribution < -0.4 is 5.32 Å². The summed E-state index contributed by atoms with van der Waals surface area (Å²) in [6.07, 6.45) is 0. The van der Waals surface area contributed by atoms with Gasteiger partial charge in [0.1, 0.15) is 0 Å². The van der Waals surface area contributed by atoms with Gasteiger partial charge >= 0.3 is 5.97 Å². The molecule has 0 fully saturated rings. The minimum atomic E-state index is -0.782. The highest BCUT2D eigenvalue weighted by Gasteiger charge is 2.39. The number of amides is 3. The van der Waals surface area contributed by atoms with Gasteiger partial charge in [0, 0.05) is 10.7 Å². The van der Waals surface area contributed by atoms with Crippen LogP contribution in [0.5, 0.6) is 0 Å². The minimum absolute atomic E-state index is 0.0702. The Morgan fingerprint density at radius 1 is 0.971 bits per heavy atom. The fourth-order valence-corrected chi connectivity index (χ4v) is 3.94. The van der Waals surface area contributed by atoms with Crippen LogP contribution in [0.3, 0.4) is 0 Å². The first-order valence-electron chi connectivity index (χ1n) is 10.6. The number of hydrogen-bond acceptors (Lipinski definition) is 5. The number of halogens is 1. The lowest BCUT2D eigenvalue weighted by Gasteiger charge is -2.22. The van der Waals surface area contributed by atoms with E-state index in [1.807, 2.05) is 30.3 Å². The van der Waals surface area contributed by atoms with Crippen molar-refractivity contribution in [1.29, 1.82) is 0 Å². The SMILES string of the molecule is Cc1c(Cl)cccc1NC(=O)COC(=O)c1ccc2c(c1)C(=O)N([C@@H](C)c1ccccc1)C2=O. The van der Waals surface area contributed by atoms with Gasteiger partial charge in [-0.3, -0.25) is 19.3 Å². The zero-order chi connectivity index (χ0) is 24.4. The summed E-state index contributed by atoms with van der Waals surface area (Å²) in [5.41, 5.74) is 2.45. The van der Waals surface area contributed by atoms with E-state index < -0.39 is 36.3 Å². The highest BCUT2D eigenvalue weighted by Crippen LogP contribution is 2.32. The summed E-state index contributed by atoms with van der Waals surface area (Å²) in [4.78, 5) is 51.8. The fourth-order valence-electron chi connectivity index (χ4n) is 3.76. The van der Waals surface area contributed by atoms with Crippen LogP contribution >= 0.6 is 11.6 Å². The molecule has 7 nitrogen and oxygen atoms in total. The molecule has 4 rings (SSSR count). The molecule has 3 aromatic rings. The monoisotopic (exact) mass is 476 g/mol. The maximum Gasteiger partial charge on any atom is 0.338 e. The van der Waals surface area contributed by atoms with Crippen LogP contribution in [-0.4, -0.2) is 35.2 Å². The van der Waals surface area contributed by atoms with Gasteiger partial charge in [0.05, 0.1) is 22.7 Å². The topological polar surface area (TPSA) is 92.8 Å². The van der Waals surface area contributed by atoms with Crippen molar-refractivity contribution in [3.63, 3.8) is 0 Å². The number of esters is 1. The highest BCUT2D eigenvalue weighted by atomic mass is 35.5. The molecule has 1 aliphatic rings. The number of benzene rings is 3. The number of anilines is 1. The molecule has 0 radical (unpaired) electrons. The fraction of sp³-hybridized carbons (Fsp3) is 0.154. The lowest BCUT2D eigenvalue weighted by Crippen LogP contribution is -2.32. The Hall–Kier alpha value is -3.97. The molecule has 3 aromatic carbocycles. The van der Waals surface area contributed by atoms with Crippen LogP contribution in [0, 0.1) is 6.92 Å². The third-order valence-corrected chi connectivity index (χ3v) is 6.11. The molecule has 0 aromatic heterocycles. The summed E-state index contributed by atoms with van der Waals surface area (Å²) < 4.78 is 5.10. The van der Waals surface area contributed by atoms with Gasteiger partial charge in [-0.2, -0.15) is 0 Å². The smallest absolute Gasteiger partial charge is 0.338 e. The van der Waals surface area contributed by atoms with Crippen LogP contribution in [-0.2, 0) is 9.53 Å². The number of carbonyl (C=O) groups excluding carboxylic acids is 4. The number of imide groups is 1. The van der Waals surface area contributed by atoms with E-state index in [2.05, 4.69) is 5.32 Å². The molecule has 0 aliphatic carbocycles. The quantitative estimate of drug-likeness (QED) is 0.407. The molecule has 1 atom stereocenters.